The third-order valence-electron chi connectivity index (χ3n) is 2.67. The van der Waals surface area contributed by atoms with Crippen LogP contribution in [0, 0.1) is 0 Å². The molecule has 0 amide bonds. The highest BCUT2D eigenvalue weighted by Crippen LogP contribution is 2.19. The number of anilines is 2. The van der Waals surface area contributed by atoms with E-state index in [1.807, 2.05) is 6.07 Å². The van der Waals surface area contributed by atoms with Crippen LogP contribution in [0.1, 0.15) is 19.8 Å². The standard InChI is InChI=1S/C12H17N5O/c1-2-4-8(7-18)15-11-10-9(5-3-6-14-10)16-12(13)17-11/h3,5-6,8,18H,2,4,7H2,1H3,(H3,13,15,16,17). The first-order valence-corrected chi connectivity index (χ1v) is 6.00. The molecular formula is C12H17N5O. The summed E-state index contributed by atoms with van der Waals surface area (Å²) in [5.74, 6) is 0.775. The Bertz CT molecular complexity index is 531. The molecule has 2 heterocycles. The number of nitrogens with one attached hydrogen (secondary N) is 1. The van der Waals surface area contributed by atoms with E-state index in [0.29, 0.717) is 16.9 Å². The molecule has 1 atom stereocenters. The van der Waals surface area contributed by atoms with E-state index in [0.717, 1.165) is 12.8 Å². The van der Waals surface area contributed by atoms with Crippen LogP contribution in [-0.4, -0.2) is 32.7 Å². The van der Waals surface area contributed by atoms with Crippen molar-refractivity contribution in [2.45, 2.75) is 25.8 Å². The van der Waals surface area contributed by atoms with Gasteiger partial charge in [0.25, 0.3) is 0 Å². The first-order chi connectivity index (χ1) is 8.74. The van der Waals surface area contributed by atoms with Crippen LogP contribution >= 0.6 is 0 Å². The van der Waals surface area contributed by atoms with Crippen molar-refractivity contribution in [3.8, 4) is 0 Å². The third kappa shape index (κ3) is 2.65. The Morgan fingerprint density at radius 2 is 2.28 bits per heavy atom. The van der Waals surface area contributed by atoms with E-state index in [2.05, 4.69) is 27.2 Å². The molecule has 0 aromatic carbocycles. The highest BCUT2D eigenvalue weighted by Gasteiger charge is 2.11. The SMILES string of the molecule is CCCC(CO)Nc1nc(N)nc2cccnc12. The molecule has 0 saturated carbocycles. The van der Waals surface area contributed by atoms with Gasteiger partial charge in [-0.1, -0.05) is 13.3 Å². The quantitative estimate of drug-likeness (QED) is 0.734. The molecule has 1 unspecified atom stereocenters. The maximum absolute atomic E-state index is 9.30. The molecule has 2 aromatic rings. The summed E-state index contributed by atoms with van der Waals surface area (Å²) in [4.78, 5) is 12.5. The minimum atomic E-state index is -0.0468. The van der Waals surface area contributed by atoms with Gasteiger partial charge in [-0.05, 0) is 18.6 Å². The summed E-state index contributed by atoms with van der Waals surface area (Å²) in [5.41, 5.74) is 7.03. The monoisotopic (exact) mass is 247 g/mol. The van der Waals surface area contributed by atoms with Gasteiger partial charge in [0.1, 0.15) is 5.52 Å². The van der Waals surface area contributed by atoms with Crippen LogP contribution in [0.4, 0.5) is 11.8 Å². The Labute approximate surface area is 105 Å². The molecule has 2 rings (SSSR count). The predicted octanol–water partition coefficient (Wildman–Crippen LogP) is 1.18. The molecule has 0 fully saturated rings. The van der Waals surface area contributed by atoms with E-state index >= 15 is 0 Å². The van der Waals surface area contributed by atoms with Gasteiger partial charge in [0.15, 0.2) is 5.82 Å². The van der Waals surface area contributed by atoms with Crippen molar-refractivity contribution in [2.75, 3.05) is 17.7 Å². The predicted molar refractivity (Wildman–Crippen MR) is 71.1 cm³/mol. The highest BCUT2D eigenvalue weighted by molar-refractivity contribution is 5.85. The lowest BCUT2D eigenvalue weighted by Crippen LogP contribution is -2.24. The van der Waals surface area contributed by atoms with Gasteiger partial charge in [-0.15, -0.1) is 0 Å². The van der Waals surface area contributed by atoms with Crippen LogP contribution in [0.5, 0.6) is 0 Å². The first-order valence-electron chi connectivity index (χ1n) is 6.00. The van der Waals surface area contributed by atoms with Crippen LogP contribution in [0.2, 0.25) is 0 Å². The summed E-state index contributed by atoms with van der Waals surface area (Å²) in [5, 5.41) is 12.5. The Kier molecular flexibility index (Phi) is 3.88. The van der Waals surface area contributed by atoms with Crippen molar-refractivity contribution in [1.82, 2.24) is 15.0 Å². The van der Waals surface area contributed by atoms with Gasteiger partial charge in [-0.3, -0.25) is 4.98 Å². The van der Waals surface area contributed by atoms with Gasteiger partial charge in [-0.2, -0.15) is 4.98 Å². The molecular weight excluding hydrogens is 230 g/mol. The van der Waals surface area contributed by atoms with E-state index in [9.17, 15) is 5.11 Å². The van der Waals surface area contributed by atoms with Crippen LogP contribution < -0.4 is 11.1 Å². The van der Waals surface area contributed by atoms with Gasteiger partial charge < -0.3 is 16.2 Å². The zero-order valence-corrected chi connectivity index (χ0v) is 10.3. The highest BCUT2D eigenvalue weighted by atomic mass is 16.3. The largest absolute Gasteiger partial charge is 0.394 e. The zero-order valence-electron chi connectivity index (χ0n) is 10.3. The van der Waals surface area contributed by atoms with Crippen molar-refractivity contribution >= 4 is 22.8 Å². The zero-order chi connectivity index (χ0) is 13.0. The number of nitrogens with zero attached hydrogens (tertiary/aromatic N) is 3. The molecule has 0 aliphatic heterocycles. The Hall–Kier alpha value is -1.95. The number of hydrogen-bond donors (Lipinski definition) is 3. The molecule has 96 valence electrons. The van der Waals surface area contributed by atoms with E-state index in [-0.39, 0.29) is 18.6 Å². The molecule has 0 radical (unpaired) electrons. The number of hydrogen-bond acceptors (Lipinski definition) is 6. The minimum absolute atomic E-state index is 0.0468. The molecule has 18 heavy (non-hydrogen) atoms. The van der Waals surface area contributed by atoms with Crippen LogP contribution in [-0.2, 0) is 0 Å². The lowest BCUT2D eigenvalue weighted by molar-refractivity contribution is 0.268. The molecule has 4 N–H and O–H groups in total. The summed E-state index contributed by atoms with van der Waals surface area (Å²) < 4.78 is 0. The number of nitrogens with two attached hydrogens (primary N) is 1. The molecule has 0 aliphatic carbocycles. The number of aromatic nitrogens is 3. The number of rotatable bonds is 5. The van der Waals surface area contributed by atoms with E-state index in [1.54, 1.807) is 12.3 Å². The minimum Gasteiger partial charge on any atom is -0.394 e. The second-order valence-corrected chi connectivity index (χ2v) is 4.11. The summed E-state index contributed by atoms with van der Waals surface area (Å²) in [6.07, 6.45) is 3.51. The average Bonchev–Trinajstić information content (AvgIpc) is 2.38. The van der Waals surface area contributed by atoms with Gasteiger partial charge in [-0.25, -0.2) is 4.98 Å². The molecule has 0 saturated heterocycles. The van der Waals surface area contributed by atoms with Gasteiger partial charge >= 0.3 is 0 Å². The Balaban J connectivity index is 2.37. The van der Waals surface area contributed by atoms with Crippen LogP contribution in [0.3, 0.4) is 0 Å². The van der Waals surface area contributed by atoms with Crippen molar-refractivity contribution in [3.63, 3.8) is 0 Å². The normalized spacial score (nSPS) is 12.6. The first kappa shape index (κ1) is 12.5. The van der Waals surface area contributed by atoms with Gasteiger partial charge in [0, 0.05) is 6.20 Å². The average molecular weight is 247 g/mol. The molecule has 0 spiro atoms. The maximum Gasteiger partial charge on any atom is 0.222 e. The lowest BCUT2D eigenvalue weighted by Gasteiger charge is -2.16. The number of nitrogen functional groups attached to an aromatic ring is 1. The number of fused-ring (bicyclic) bond motifs is 1. The van der Waals surface area contributed by atoms with Gasteiger partial charge in [0.05, 0.1) is 18.2 Å². The van der Waals surface area contributed by atoms with E-state index < -0.39 is 0 Å². The number of pyridine rings is 1. The van der Waals surface area contributed by atoms with Crippen LogP contribution in [0.15, 0.2) is 18.3 Å². The smallest absolute Gasteiger partial charge is 0.222 e. The summed E-state index contributed by atoms with van der Waals surface area (Å²) in [6, 6.07) is 3.59. The number of aliphatic hydroxyl groups is 1. The fourth-order valence-corrected chi connectivity index (χ4v) is 1.84. The lowest BCUT2D eigenvalue weighted by atomic mass is 10.2. The van der Waals surface area contributed by atoms with E-state index in [1.165, 1.54) is 0 Å². The van der Waals surface area contributed by atoms with Crippen LogP contribution in [0.25, 0.3) is 11.0 Å². The maximum atomic E-state index is 9.30. The molecule has 2 aromatic heterocycles. The fourth-order valence-electron chi connectivity index (χ4n) is 1.84. The van der Waals surface area contributed by atoms with Crippen molar-refractivity contribution < 1.29 is 5.11 Å². The second-order valence-electron chi connectivity index (χ2n) is 4.11. The van der Waals surface area contributed by atoms with Crippen molar-refractivity contribution in [3.05, 3.63) is 18.3 Å². The van der Waals surface area contributed by atoms with Crippen molar-refractivity contribution in [2.24, 2.45) is 0 Å². The topological polar surface area (TPSA) is 97.0 Å². The van der Waals surface area contributed by atoms with Crippen molar-refractivity contribution in [1.29, 1.82) is 0 Å². The summed E-state index contributed by atoms with van der Waals surface area (Å²) in [6.45, 7) is 2.11. The van der Waals surface area contributed by atoms with Gasteiger partial charge in [0.2, 0.25) is 5.95 Å². The molecule has 6 nitrogen and oxygen atoms in total. The third-order valence-corrected chi connectivity index (χ3v) is 2.67. The molecule has 0 bridgehead atoms. The Morgan fingerprint density at radius 1 is 1.44 bits per heavy atom. The molecule has 6 heteroatoms. The Morgan fingerprint density at radius 3 is 3.00 bits per heavy atom. The number of aliphatic hydroxyl groups excluding tert-OH is 1. The summed E-state index contributed by atoms with van der Waals surface area (Å²) in [7, 11) is 0. The summed E-state index contributed by atoms with van der Waals surface area (Å²) >= 11 is 0. The second kappa shape index (κ2) is 5.59. The van der Waals surface area contributed by atoms with E-state index in [4.69, 9.17) is 5.73 Å². The molecule has 0 aliphatic rings. The fraction of sp³-hybridized carbons (Fsp3) is 0.417.